The van der Waals surface area contributed by atoms with Crippen molar-refractivity contribution in [3.05, 3.63) is 11.5 Å². The summed E-state index contributed by atoms with van der Waals surface area (Å²) in [6.45, 7) is 0. The lowest BCUT2D eigenvalue weighted by molar-refractivity contribution is -0.142. The molecule has 7 nitrogen and oxygen atoms in total. The van der Waals surface area contributed by atoms with Crippen LogP contribution >= 0.6 is 0 Å². The van der Waals surface area contributed by atoms with Crippen molar-refractivity contribution in [1.82, 2.24) is 10.6 Å². The molecule has 3 N–H and O–H groups in total. The zero-order valence-corrected chi connectivity index (χ0v) is 12.4. The van der Waals surface area contributed by atoms with Crippen molar-refractivity contribution in [3.63, 3.8) is 0 Å². The third-order valence-electron chi connectivity index (χ3n) is 3.90. The van der Waals surface area contributed by atoms with Crippen LogP contribution in [0.15, 0.2) is 11.5 Å². The van der Waals surface area contributed by atoms with Gasteiger partial charge in [-0.3, -0.25) is 4.79 Å². The molecule has 0 saturated heterocycles. The van der Waals surface area contributed by atoms with Gasteiger partial charge < -0.3 is 15.7 Å². The maximum Gasteiger partial charge on any atom is 0.315 e. The van der Waals surface area contributed by atoms with Crippen LogP contribution in [0.25, 0.3) is 0 Å². The fourth-order valence-electron chi connectivity index (χ4n) is 2.82. The minimum Gasteiger partial charge on any atom is -0.481 e. The predicted octanol–water partition coefficient (Wildman–Crippen LogP) is 0.630. The first-order valence-corrected chi connectivity index (χ1v) is 8.80. The van der Waals surface area contributed by atoms with Crippen LogP contribution < -0.4 is 10.6 Å². The minimum absolute atomic E-state index is 0.145. The number of aliphatic carboxylic acids is 1. The molecule has 21 heavy (non-hydrogen) atoms. The lowest BCUT2D eigenvalue weighted by Crippen LogP contribution is -2.50. The van der Waals surface area contributed by atoms with E-state index in [-0.39, 0.29) is 5.75 Å². The summed E-state index contributed by atoms with van der Waals surface area (Å²) in [5, 5.41) is 15.6. The van der Waals surface area contributed by atoms with Gasteiger partial charge in [-0.15, -0.1) is 0 Å². The highest BCUT2D eigenvalue weighted by atomic mass is 32.2. The molecule has 2 rings (SSSR count). The largest absolute Gasteiger partial charge is 0.481 e. The monoisotopic (exact) mass is 316 g/mol. The molecule has 118 valence electrons. The van der Waals surface area contributed by atoms with Crippen LogP contribution in [-0.4, -0.2) is 43.4 Å². The molecule has 0 bridgehead atoms. The van der Waals surface area contributed by atoms with Crippen LogP contribution in [0, 0.1) is 5.92 Å². The van der Waals surface area contributed by atoms with Gasteiger partial charge in [-0.25, -0.2) is 13.2 Å². The Morgan fingerprint density at radius 2 is 1.81 bits per heavy atom. The lowest BCUT2D eigenvalue weighted by Gasteiger charge is -2.23. The van der Waals surface area contributed by atoms with Crippen molar-refractivity contribution in [2.24, 2.45) is 5.92 Å². The minimum atomic E-state index is -3.22. The van der Waals surface area contributed by atoms with Crippen molar-refractivity contribution >= 4 is 21.8 Å². The Morgan fingerprint density at radius 3 is 2.43 bits per heavy atom. The van der Waals surface area contributed by atoms with E-state index in [9.17, 15) is 23.1 Å². The molecule has 1 heterocycles. The maximum absolute atomic E-state index is 11.9. The van der Waals surface area contributed by atoms with Gasteiger partial charge >= 0.3 is 12.0 Å². The van der Waals surface area contributed by atoms with E-state index < -0.39 is 39.8 Å². The molecule has 3 unspecified atom stereocenters. The number of rotatable bonds is 3. The molecule has 0 aromatic carbocycles. The summed E-state index contributed by atoms with van der Waals surface area (Å²) >= 11 is 0. The van der Waals surface area contributed by atoms with Crippen molar-refractivity contribution in [2.45, 2.75) is 44.2 Å². The van der Waals surface area contributed by atoms with Crippen molar-refractivity contribution in [2.75, 3.05) is 5.75 Å². The lowest BCUT2D eigenvalue weighted by atomic mass is 9.95. The molecule has 1 fully saturated rings. The summed E-state index contributed by atoms with van der Waals surface area (Å²) in [6, 6.07) is -1.48. The Hall–Kier alpha value is -1.57. The van der Waals surface area contributed by atoms with Gasteiger partial charge in [0.15, 0.2) is 9.84 Å². The van der Waals surface area contributed by atoms with Gasteiger partial charge in [0, 0.05) is 11.4 Å². The molecule has 8 heteroatoms. The second-order valence-electron chi connectivity index (χ2n) is 5.57. The molecule has 1 saturated carbocycles. The molecule has 0 radical (unpaired) electrons. The molecule has 2 aliphatic rings. The van der Waals surface area contributed by atoms with E-state index in [0.29, 0.717) is 12.8 Å². The van der Waals surface area contributed by atoms with E-state index >= 15 is 0 Å². The van der Waals surface area contributed by atoms with Crippen LogP contribution in [0.4, 0.5) is 4.79 Å². The van der Waals surface area contributed by atoms with E-state index in [4.69, 9.17) is 0 Å². The fourth-order valence-corrected chi connectivity index (χ4v) is 4.06. The topological polar surface area (TPSA) is 113 Å². The van der Waals surface area contributed by atoms with Gasteiger partial charge in [0.1, 0.15) is 0 Å². The van der Waals surface area contributed by atoms with Crippen molar-refractivity contribution < 1.29 is 23.1 Å². The Morgan fingerprint density at radius 1 is 1.10 bits per heavy atom. The first-order chi connectivity index (χ1) is 9.87. The highest BCUT2D eigenvalue weighted by Gasteiger charge is 2.31. The van der Waals surface area contributed by atoms with Gasteiger partial charge in [-0.05, 0) is 18.9 Å². The molecule has 0 aromatic rings. The van der Waals surface area contributed by atoms with E-state index in [0.717, 1.165) is 24.7 Å². The van der Waals surface area contributed by atoms with Crippen LogP contribution in [0.5, 0.6) is 0 Å². The number of sulfone groups is 1. The number of nitrogens with one attached hydrogen (secondary N) is 2. The predicted molar refractivity (Wildman–Crippen MR) is 76.4 cm³/mol. The number of hydrogen-bond acceptors (Lipinski definition) is 4. The number of carbonyl (C=O) groups is 2. The molecule has 2 amide bonds. The third kappa shape index (κ3) is 4.45. The van der Waals surface area contributed by atoms with Crippen LogP contribution in [0.3, 0.4) is 0 Å². The standard InChI is InChI=1S/C13H20N2O5S/c16-12(17)10-4-2-1-3-5-11(10)15-13(18)14-9-6-7-21(19,20)8-9/h6-7,9-11H,1-5,8H2,(H,16,17)(H2,14,15,18). The van der Waals surface area contributed by atoms with Crippen LogP contribution in [-0.2, 0) is 14.6 Å². The van der Waals surface area contributed by atoms with Gasteiger partial charge in [0.2, 0.25) is 0 Å². The Labute approximate surface area is 123 Å². The second-order valence-corrected chi connectivity index (χ2v) is 7.50. The fraction of sp³-hybridized carbons (Fsp3) is 0.692. The number of amides is 2. The van der Waals surface area contributed by atoms with Crippen LogP contribution in [0.2, 0.25) is 0 Å². The van der Waals surface area contributed by atoms with E-state index in [1.54, 1.807) is 0 Å². The summed E-state index contributed by atoms with van der Waals surface area (Å²) in [5.74, 6) is -1.63. The molecule has 0 spiro atoms. The Bertz CT molecular complexity index is 543. The van der Waals surface area contributed by atoms with Crippen LogP contribution in [0.1, 0.15) is 32.1 Å². The van der Waals surface area contributed by atoms with E-state index in [1.807, 2.05) is 0 Å². The molecule has 3 atom stereocenters. The number of carbonyl (C=O) groups excluding carboxylic acids is 1. The summed E-state index contributed by atoms with van der Waals surface area (Å²) in [6.07, 6.45) is 5.30. The van der Waals surface area contributed by atoms with Crippen molar-refractivity contribution in [3.8, 4) is 0 Å². The first-order valence-electron chi connectivity index (χ1n) is 7.08. The normalized spacial score (nSPS) is 31.3. The van der Waals surface area contributed by atoms with Gasteiger partial charge in [-0.1, -0.05) is 19.3 Å². The summed E-state index contributed by atoms with van der Waals surface area (Å²) in [4.78, 5) is 23.2. The SMILES string of the molecule is O=C(NC1C=CS(=O)(=O)C1)NC1CCCCCC1C(=O)O. The Kier molecular flexibility index (Phi) is 4.87. The first kappa shape index (κ1) is 15.8. The molecular formula is C13H20N2O5S. The Balaban J connectivity index is 1.91. The number of hydrogen-bond donors (Lipinski definition) is 3. The average molecular weight is 316 g/mol. The van der Waals surface area contributed by atoms with E-state index in [1.165, 1.54) is 6.08 Å². The number of carboxylic acid groups (broad SMARTS) is 1. The highest BCUT2D eigenvalue weighted by molar-refractivity contribution is 7.94. The maximum atomic E-state index is 11.9. The molecule has 1 aliphatic carbocycles. The number of carboxylic acids is 1. The third-order valence-corrected chi connectivity index (χ3v) is 5.29. The summed E-state index contributed by atoms with van der Waals surface area (Å²) < 4.78 is 22.5. The zero-order valence-electron chi connectivity index (χ0n) is 11.6. The summed E-state index contributed by atoms with van der Waals surface area (Å²) in [5.41, 5.74) is 0. The molecule has 1 aliphatic heterocycles. The highest BCUT2D eigenvalue weighted by Crippen LogP contribution is 2.23. The van der Waals surface area contributed by atoms with E-state index in [2.05, 4.69) is 10.6 Å². The van der Waals surface area contributed by atoms with Gasteiger partial charge in [0.25, 0.3) is 0 Å². The smallest absolute Gasteiger partial charge is 0.315 e. The quantitative estimate of drug-likeness (QED) is 0.661. The average Bonchev–Trinajstić information content (AvgIpc) is 2.60. The van der Waals surface area contributed by atoms with Gasteiger partial charge in [0.05, 0.1) is 17.7 Å². The zero-order chi connectivity index (χ0) is 15.5. The second kappa shape index (κ2) is 6.46. The molecular weight excluding hydrogens is 296 g/mol. The van der Waals surface area contributed by atoms with Crippen molar-refractivity contribution in [1.29, 1.82) is 0 Å². The molecule has 0 aromatic heterocycles. The number of urea groups is 1. The van der Waals surface area contributed by atoms with Gasteiger partial charge in [-0.2, -0.15) is 0 Å². The summed E-state index contributed by atoms with van der Waals surface area (Å²) in [7, 11) is -3.22.